The molecule has 2 N–H and O–H groups in total. The Morgan fingerprint density at radius 1 is 1.64 bits per heavy atom. The second kappa shape index (κ2) is 2.45. The van der Waals surface area contributed by atoms with Crippen molar-refractivity contribution in [3.8, 4) is 5.75 Å². The number of carboxylic acid groups (broad SMARTS) is 1. The molecule has 0 radical (unpaired) electrons. The summed E-state index contributed by atoms with van der Waals surface area (Å²) in [4.78, 5) is 22.9. The fourth-order valence-electron chi connectivity index (χ4n) is 0.624. The predicted octanol–water partition coefficient (Wildman–Crippen LogP) is -0.853. The van der Waals surface area contributed by atoms with Gasteiger partial charge in [0.2, 0.25) is 0 Å². The minimum absolute atomic E-state index is 0.600. The van der Waals surface area contributed by atoms with E-state index in [4.69, 9.17) is 5.11 Å². The molecule has 0 spiro atoms. The lowest BCUT2D eigenvalue weighted by Crippen LogP contribution is -2.15. The monoisotopic (exact) mass is 154 g/mol. The molecule has 1 rings (SSSR count). The number of carbonyl (C=O) groups is 1. The van der Waals surface area contributed by atoms with Crippen LogP contribution in [0.15, 0.2) is 17.1 Å². The molecular formula is C6H4NO4-. The van der Waals surface area contributed by atoms with E-state index in [1.165, 1.54) is 0 Å². The third-order valence-electron chi connectivity index (χ3n) is 1.13. The Bertz CT molecular complexity index is 341. The normalized spacial score (nSPS) is 9.45. The van der Waals surface area contributed by atoms with Crippen molar-refractivity contribution in [2.75, 3.05) is 0 Å². The van der Waals surface area contributed by atoms with Gasteiger partial charge in [0.05, 0.1) is 0 Å². The molecule has 11 heavy (non-hydrogen) atoms. The summed E-state index contributed by atoms with van der Waals surface area (Å²) in [5, 5.41) is 19.0. The highest BCUT2D eigenvalue weighted by Gasteiger charge is 2.04. The summed E-state index contributed by atoms with van der Waals surface area (Å²) < 4.78 is 0. The fourth-order valence-corrected chi connectivity index (χ4v) is 0.624. The van der Waals surface area contributed by atoms with Crippen LogP contribution in [0, 0.1) is 0 Å². The second-order valence-corrected chi connectivity index (χ2v) is 1.85. The summed E-state index contributed by atoms with van der Waals surface area (Å²) >= 11 is 0. The number of aromatic nitrogens is 1. The second-order valence-electron chi connectivity index (χ2n) is 1.85. The average molecular weight is 154 g/mol. The summed E-state index contributed by atoms with van der Waals surface area (Å²) in [7, 11) is 0. The Hall–Kier alpha value is -1.78. The number of H-pyrrole nitrogens is 1. The van der Waals surface area contributed by atoms with Gasteiger partial charge in [-0.05, 0) is 5.75 Å². The van der Waals surface area contributed by atoms with Gasteiger partial charge >= 0.3 is 5.97 Å². The topological polar surface area (TPSA) is 93.2 Å². The standard InChI is InChI=1S/C6H5NO4/c8-3-1-2-7-4(5(3)9)6(10)11/h1-2,9H,(H,7,8)(H,10,11)/p-1. The van der Waals surface area contributed by atoms with E-state index in [2.05, 4.69) is 4.98 Å². The smallest absolute Gasteiger partial charge is 0.351 e. The molecule has 58 valence electrons. The summed E-state index contributed by atoms with van der Waals surface area (Å²) in [5.74, 6) is -2.44. The van der Waals surface area contributed by atoms with Crippen molar-refractivity contribution in [1.82, 2.24) is 4.98 Å². The number of carboxylic acids is 1. The van der Waals surface area contributed by atoms with Crippen LogP contribution in [0.5, 0.6) is 5.75 Å². The maximum Gasteiger partial charge on any atom is 0.351 e. The average Bonchev–Trinajstić information content (AvgIpc) is 1.94. The Kier molecular flexibility index (Phi) is 1.63. The van der Waals surface area contributed by atoms with Crippen LogP contribution in [-0.4, -0.2) is 16.1 Å². The Labute approximate surface area is 60.9 Å². The molecule has 0 amide bonds. The van der Waals surface area contributed by atoms with Crippen LogP contribution in [0.2, 0.25) is 0 Å². The van der Waals surface area contributed by atoms with Crippen molar-refractivity contribution in [3.63, 3.8) is 0 Å². The summed E-state index contributed by atoms with van der Waals surface area (Å²) in [6, 6.07) is 0.981. The molecule has 0 aromatic carbocycles. The molecule has 0 atom stereocenters. The number of hydrogen-bond donors (Lipinski definition) is 2. The Morgan fingerprint density at radius 2 is 2.27 bits per heavy atom. The third-order valence-corrected chi connectivity index (χ3v) is 1.13. The first-order valence-electron chi connectivity index (χ1n) is 2.75. The van der Waals surface area contributed by atoms with Gasteiger partial charge < -0.3 is 15.2 Å². The zero-order valence-corrected chi connectivity index (χ0v) is 5.33. The van der Waals surface area contributed by atoms with Crippen LogP contribution >= 0.6 is 0 Å². The van der Waals surface area contributed by atoms with E-state index < -0.39 is 22.8 Å². The van der Waals surface area contributed by atoms with E-state index in [0.717, 1.165) is 12.3 Å². The number of aromatic carboxylic acids is 1. The number of pyridine rings is 1. The largest absolute Gasteiger partial charge is 0.868 e. The van der Waals surface area contributed by atoms with Crippen molar-refractivity contribution in [3.05, 3.63) is 28.2 Å². The first-order chi connectivity index (χ1) is 5.13. The van der Waals surface area contributed by atoms with Crippen LogP contribution in [0.3, 0.4) is 0 Å². The van der Waals surface area contributed by atoms with Gasteiger partial charge in [0.1, 0.15) is 5.69 Å². The Morgan fingerprint density at radius 3 is 2.73 bits per heavy atom. The van der Waals surface area contributed by atoms with Crippen molar-refractivity contribution in [2.24, 2.45) is 0 Å². The molecule has 0 aliphatic carbocycles. The highest BCUT2D eigenvalue weighted by atomic mass is 16.4. The van der Waals surface area contributed by atoms with Gasteiger partial charge in [-0.3, -0.25) is 4.79 Å². The van der Waals surface area contributed by atoms with Gasteiger partial charge in [0.15, 0.2) is 5.43 Å². The van der Waals surface area contributed by atoms with E-state index in [9.17, 15) is 14.7 Å². The lowest BCUT2D eigenvalue weighted by molar-refractivity contribution is -0.270. The first kappa shape index (κ1) is 7.33. The minimum atomic E-state index is -1.42. The van der Waals surface area contributed by atoms with Crippen molar-refractivity contribution in [2.45, 2.75) is 0 Å². The molecule has 5 nitrogen and oxygen atoms in total. The fraction of sp³-hybridized carbons (Fsp3) is 0. The maximum absolute atomic E-state index is 10.7. The molecule has 0 aliphatic rings. The zero-order chi connectivity index (χ0) is 8.43. The van der Waals surface area contributed by atoms with Gasteiger partial charge in [-0.1, -0.05) is 0 Å². The van der Waals surface area contributed by atoms with Crippen molar-refractivity contribution in [1.29, 1.82) is 0 Å². The van der Waals surface area contributed by atoms with Gasteiger partial charge in [0, 0.05) is 12.3 Å². The van der Waals surface area contributed by atoms with Crippen LogP contribution < -0.4 is 10.5 Å². The molecule has 0 unspecified atom stereocenters. The van der Waals surface area contributed by atoms with Gasteiger partial charge in [-0.2, -0.15) is 0 Å². The van der Waals surface area contributed by atoms with Crippen LogP contribution in [0.25, 0.3) is 0 Å². The number of nitrogens with one attached hydrogen (secondary N) is 1. The van der Waals surface area contributed by atoms with E-state index >= 15 is 0 Å². The molecule has 0 bridgehead atoms. The molecule has 0 aliphatic heterocycles. The van der Waals surface area contributed by atoms with E-state index in [0.29, 0.717) is 0 Å². The molecule has 5 heteroatoms. The van der Waals surface area contributed by atoms with Crippen LogP contribution in [-0.2, 0) is 0 Å². The predicted molar refractivity (Wildman–Crippen MR) is 33.5 cm³/mol. The van der Waals surface area contributed by atoms with Gasteiger partial charge in [0.25, 0.3) is 0 Å². The van der Waals surface area contributed by atoms with Gasteiger partial charge in [-0.25, -0.2) is 4.79 Å². The van der Waals surface area contributed by atoms with Gasteiger partial charge in [-0.15, -0.1) is 0 Å². The van der Waals surface area contributed by atoms with Crippen molar-refractivity contribution < 1.29 is 15.0 Å². The van der Waals surface area contributed by atoms with E-state index in [-0.39, 0.29) is 0 Å². The molecule has 1 aromatic heterocycles. The molecular weight excluding hydrogens is 150 g/mol. The SMILES string of the molecule is O=C(O)c1[nH]ccc(=O)c1[O-]. The first-order valence-corrected chi connectivity index (χ1v) is 2.75. The van der Waals surface area contributed by atoms with Crippen LogP contribution in [0.4, 0.5) is 0 Å². The van der Waals surface area contributed by atoms with Crippen molar-refractivity contribution >= 4 is 5.97 Å². The number of hydrogen-bond acceptors (Lipinski definition) is 3. The maximum atomic E-state index is 10.7. The molecule has 0 saturated carbocycles. The van der Waals surface area contributed by atoms with E-state index in [1.54, 1.807) is 0 Å². The summed E-state index contributed by atoms with van der Waals surface area (Å²) in [6.45, 7) is 0. The highest BCUT2D eigenvalue weighted by Crippen LogP contribution is 2.01. The Balaban J connectivity index is 3.39. The molecule has 1 heterocycles. The zero-order valence-electron chi connectivity index (χ0n) is 5.33. The van der Waals surface area contributed by atoms with E-state index in [1.807, 2.05) is 0 Å². The van der Waals surface area contributed by atoms with Crippen LogP contribution in [0.1, 0.15) is 10.5 Å². The number of aromatic amines is 1. The summed E-state index contributed by atoms with van der Waals surface area (Å²) in [5.41, 5.74) is -1.42. The highest BCUT2D eigenvalue weighted by molar-refractivity contribution is 5.87. The minimum Gasteiger partial charge on any atom is -0.868 e. The molecule has 0 saturated heterocycles. The molecule has 0 fully saturated rings. The third kappa shape index (κ3) is 1.21. The lowest BCUT2D eigenvalue weighted by Gasteiger charge is -2.05. The summed E-state index contributed by atoms with van der Waals surface area (Å²) in [6.07, 6.45) is 1.12. The number of rotatable bonds is 1. The molecule has 1 aromatic rings. The quantitative estimate of drug-likeness (QED) is 0.550. The lowest BCUT2D eigenvalue weighted by atomic mass is 10.3.